The van der Waals surface area contributed by atoms with Gasteiger partial charge in [-0.05, 0) is 39.3 Å². The minimum Gasteiger partial charge on any atom is -0.378 e. The van der Waals surface area contributed by atoms with Gasteiger partial charge >= 0.3 is 0 Å². The first-order valence-corrected chi connectivity index (χ1v) is 6.11. The average molecular weight is 201 g/mol. The van der Waals surface area contributed by atoms with Gasteiger partial charge in [0.2, 0.25) is 0 Å². The van der Waals surface area contributed by atoms with E-state index in [9.17, 15) is 0 Å². The second kappa shape index (κ2) is 11.0. The van der Waals surface area contributed by atoms with Gasteiger partial charge in [-0.3, -0.25) is 0 Å². The summed E-state index contributed by atoms with van der Waals surface area (Å²) >= 11 is 0. The molecule has 1 aliphatic rings. The molecule has 0 heterocycles. The molecular weight excluding hydrogens is 174 g/mol. The molecule has 0 bridgehead atoms. The van der Waals surface area contributed by atoms with Gasteiger partial charge < -0.3 is 10.1 Å². The monoisotopic (exact) mass is 201 g/mol. The van der Waals surface area contributed by atoms with E-state index in [1.807, 2.05) is 7.05 Å². The summed E-state index contributed by atoms with van der Waals surface area (Å²) in [6.07, 6.45) is 8.53. The third-order valence-electron chi connectivity index (χ3n) is 2.51. The van der Waals surface area contributed by atoms with Crippen LogP contribution in [0, 0.1) is 0 Å². The number of unbranched alkanes of at least 4 members (excludes halogenated alkanes) is 2. The summed E-state index contributed by atoms with van der Waals surface area (Å²) in [6.45, 7) is 6.36. The minimum absolute atomic E-state index is 0.636. The van der Waals surface area contributed by atoms with Crippen molar-refractivity contribution in [1.82, 2.24) is 5.32 Å². The molecule has 14 heavy (non-hydrogen) atoms. The Hall–Kier alpha value is -0.0800. The highest BCUT2D eigenvalue weighted by molar-refractivity contribution is 4.68. The number of rotatable bonds is 6. The topological polar surface area (TPSA) is 21.3 Å². The summed E-state index contributed by atoms with van der Waals surface area (Å²) in [4.78, 5) is 0. The van der Waals surface area contributed by atoms with E-state index in [0.717, 1.165) is 13.2 Å². The van der Waals surface area contributed by atoms with Gasteiger partial charge in [-0.25, -0.2) is 0 Å². The van der Waals surface area contributed by atoms with Gasteiger partial charge in [0.25, 0.3) is 0 Å². The normalized spacial score (nSPS) is 15.6. The fourth-order valence-corrected chi connectivity index (χ4v) is 1.14. The largest absolute Gasteiger partial charge is 0.378 e. The molecule has 0 atom stereocenters. The molecular formula is C12H27NO. The summed E-state index contributed by atoms with van der Waals surface area (Å²) in [5.41, 5.74) is 0. The highest BCUT2D eigenvalue weighted by atomic mass is 16.5. The van der Waals surface area contributed by atoms with Crippen molar-refractivity contribution in [2.24, 2.45) is 0 Å². The van der Waals surface area contributed by atoms with Gasteiger partial charge in [0, 0.05) is 6.61 Å². The third-order valence-corrected chi connectivity index (χ3v) is 2.51. The minimum atomic E-state index is 0.636. The second-order valence-electron chi connectivity index (χ2n) is 3.84. The SMILES string of the molecule is CCCCCOC1CCC1.CCNC. The first kappa shape index (κ1) is 13.9. The van der Waals surface area contributed by atoms with Crippen molar-refractivity contribution >= 4 is 0 Å². The van der Waals surface area contributed by atoms with Crippen LogP contribution in [0.15, 0.2) is 0 Å². The Balaban J connectivity index is 0.000000364. The van der Waals surface area contributed by atoms with Crippen molar-refractivity contribution in [2.45, 2.75) is 58.5 Å². The number of ether oxygens (including phenoxy) is 1. The van der Waals surface area contributed by atoms with E-state index in [1.165, 1.54) is 38.5 Å². The molecule has 2 nitrogen and oxygen atoms in total. The molecule has 0 unspecified atom stereocenters. The van der Waals surface area contributed by atoms with Gasteiger partial charge in [-0.1, -0.05) is 26.7 Å². The van der Waals surface area contributed by atoms with Crippen LogP contribution in [-0.4, -0.2) is 26.3 Å². The van der Waals surface area contributed by atoms with Crippen LogP contribution in [0.2, 0.25) is 0 Å². The first-order chi connectivity index (χ1) is 6.85. The van der Waals surface area contributed by atoms with Crippen LogP contribution in [0.3, 0.4) is 0 Å². The fraction of sp³-hybridized carbons (Fsp3) is 1.00. The third kappa shape index (κ3) is 8.52. The zero-order chi connectivity index (χ0) is 10.6. The van der Waals surface area contributed by atoms with Crippen LogP contribution in [0.4, 0.5) is 0 Å². The Labute approximate surface area is 89.4 Å². The molecule has 1 saturated carbocycles. The Morgan fingerprint density at radius 3 is 2.21 bits per heavy atom. The Kier molecular flexibility index (Phi) is 10.9. The molecule has 1 fully saturated rings. The van der Waals surface area contributed by atoms with E-state index in [4.69, 9.17) is 4.74 Å². The molecule has 0 spiro atoms. The van der Waals surface area contributed by atoms with Gasteiger partial charge in [-0.15, -0.1) is 0 Å². The van der Waals surface area contributed by atoms with Crippen molar-refractivity contribution < 1.29 is 4.74 Å². The number of nitrogens with one attached hydrogen (secondary N) is 1. The highest BCUT2D eigenvalue weighted by Gasteiger charge is 2.16. The van der Waals surface area contributed by atoms with Crippen molar-refractivity contribution in [2.75, 3.05) is 20.2 Å². The van der Waals surface area contributed by atoms with Gasteiger partial charge in [0.1, 0.15) is 0 Å². The predicted octanol–water partition coefficient (Wildman–Crippen LogP) is 2.97. The highest BCUT2D eigenvalue weighted by Crippen LogP contribution is 2.21. The molecule has 1 rings (SSSR count). The molecule has 1 aliphatic carbocycles. The zero-order valence-corrected chi connectivity index (χ0v) is 10.1. The average Bonchev–Trinajstić information content (AvgIpc) is 2.15. The van der Waals surface area contributed by atoms with E-state index in [1.54, 1.807) is 0 Å². The molecule has 0 aromatic carbocycles. The Bertz CT molecular complexity index is 100. The van der Waals surface area contributed by atoms with Gasteiger partial charge in [0.15, 0.2) is 0 Å². The lowest BCUT2D eigenvalue weighted by atomic mass is 9.96. The van der Waals surface area contributed by atoms with Crippen molar-refractivity contribution in [3.63, 3.8) is 0 Å². The molecule has 0 aromatic heterocycles. The first-order valence-electron chi connectivity index (χ1n) is 6.11. The van der Waals surface area contributed by atoms with E-state index < -0.39 is 0 Å². The maximum Gasteiger partial charge on any atom is 0.0575 e. The molecule has 0 aliphatic heterocycles. The summed E-state index contributed by atoms with van der Waals surface area (Å²) in [6, 6.07) is 0. The number of hydrogen-bond acceptors (Lipinski definition) is 2. The van der Waals surface area contributed by atoms with Gasteiger partial charge in [0.05, 0.1) is 6.10 Å². The number of hydrogen-bond donors (Lipinski definition) is 1. The molecule has 1 N–H and O–H groups in total. The fourth-order valence-electron chi connectivity index (χ4n) is 1.14. The van der Waals surface area contributed by atoms with Crippen molar-refractivity contribution in [1.29, 1.82) is 0 Å². The van der Waals surface area contributed by atoms with Crippen LogP contribution in [0.25, 0.3) is 0 Å². The maximum atomic E-state index is 5.58. The summed E-state index contributed by atoms with van der Waals surface area (Å²) in [5.74, 6) is 0. The van der Waals surface area contributed by atoms with Crippen LogP contribution >= 0.6 is 0 Å². The molecule has 2 heteroatoms. The van der Waals surface area contributed by atoms with Crippen LogP contribution in [0.1, 0.15) is 52.4 Å². The molecule has 0 amide bonds. The van der Waals surface area contributed by atoms with E-state index >= 15 is 0 Å². The molecule has 0 aromatic rings. The summed E-state index contributed by atoms with van der Waals surface area (Å²) < 4.78 is 5.58. The standard InChI is InChI=1S/C9H18O.C3H9N/c1-2-3-4-8-10-9-6-5-7-9;1-3-4-2/h9H,2-8H2,1H3;4H,3H2,1-2H3. The smallest absolute Gasteiger partial charge is 0.0575 e. The van der Waals surface area contributed by atoms with E-state index in [-0.39, 0.29) is 0 Å². The predicted molar refractivity (Wildman–Crippen MR) is 62.7 cm³/mol. The summed E-state index contributed by atoms with van der Waals surface area (Å²) in [7, 11) is 1.93. The molecule has 86 valence electrons. The van der Waals surface area contributed by atoms with E-state index in [0.29, 0.717) is 6.10 Å². The Morgan fingerprint density at radius 2 is 1.86 bits per heavy atom. The van der Waals surface area contributed by atoms with E-state index in [2.05, 4.69) is 19.2 Å². The maximum absolute atomic E-state index is 5.58. The second-order valence-corrected chi connectivity index (χ2v) is 3.84. The molecule has 0 saturated heterocycles. The lowest BCUT2D eigenvalue weighted by molar-refractivity contribution is 0.000750. The van der Waals surface area contributed by atoms with Gasteiger partial charge in [-0.2, -0.15) is 0 Å². The van der Waals surface area contributed by atoms with Crippen molar-refractivity contribution in [3.8, 4) is 0 Å². The summed E-state index contributed by atoms with van der Waals surface area (Å²) in [5, 5.41) is 2.93. The van der Waals surface area contributed by atoms with Crippen LogP contribution in [0.5, 0.6) is 0 Å². The zero-order valence-electron chi connectivity index (χ0n) is 10.1. The lowest BCUT2D eigenvalue weighted by Gasteiger charge is -2.25. The van der Waals surface area contributed by atoms with Crippen molar-refractivity contribution in [3.05, 3.63) is 0 Å². The van der Waals surface area contributed by atoms with Crippen LogP contribution in [-0.2, 0) is 4.74 Å². The quantitative estimate of drug-likeness (QED) is 0.667. The molecule has 0 radical (unpaired) electrons. The van der Waals surface area contributed by atoms with Crippen LogP contribution < -0.4 is 5.32 Å². The lowest BCUT2D eigenvalue weighted by Crippen LogP contribution is -2.21. The Morgan fingerprint density at radius 1 is 1.21 bits per heavy atom.